The number of amides is 1. The summed E-state index contributed by atoms with van der Waals surface area (Å²) in [5.74, 6) is 1.06. The normalized spacial score (nSPS) is 19.4. The van der Waals surface area contributed by atoms with E-state index in [0.29, 0.717) is 24.9 Å². The van der Waals surface area contributed by atoms with E-state index in [9.17, 15) is 4.79 Å². The Bertz CT molecular complexity index is 1200. The van der Waals surface area contributed by atoms with Gasteiger partial charge in [-0.3, -0.25) is 14.7 Å². The third-order valence-electron chi connectivity index (χ3n) is 7.79. The van der Waals surface area contributed by atoms with Crippen LogP contribution in [0.4, 0.5) is 0 Å². The molecule has 2 N–H and O–H groups in total. The Kier molecular flexibility index (Phi) is 7.44. The number of hydrogen-bond donors (Lipinski definition) is 2. The van der Waals surface area contributed by atoms with Gasteiger partial charge in [0.25, 0.3) is 0 Å². The zero-order valence-corrected chi connectivity index (χ0v) is 22.2. The maximum absolute atomic E-state index is 12.4. The minimum Gasteiger partial charge on any atom is -0.376 e. The fraction of sp³-hybridized carbons (Fsp3) is 0.533. The molecule has 3 aromatic rings. The molecule has 0 spiro atoms. The minimum absolute atomic E-state index is 0.119. The Labute approximate surface area is 214 Å². The zero-order valence-electron chi connectivity index (χ0n) is 22.2. The number of carbonyl (C=O) groups is 1. The van der Waals surface area contributed by atoms with Crippen molar-refractivity contribution in [1.82, 2.24) is 20.2 Å². The average Bonchev–Trinajstić information content (AvgIpc) is 3.50. The largest absolute Gasteiger partial charge is 0.376 e. The molecular weight excluding hydrogens is 448 g/mol. The molecule has 5 rings (SSSR count). The number of H-pyrrole nitrogens is 1. The van der Waals surface area contributed by atoms with Crippen LogP contribution < -0.4 is 5.32 Å². The summed E-state index contributed by atoms with van der Waals surface area (Å²) in [5, 5.41) is 4.40. The van der Waals surface area contributed by atoms with Gasteiger partial charge in [-0.25, -0.2) is 0 Å². The maximum atomic E-state index is 12.4. The molecule has 0 aliphatic carbocycles. The van der Waals surface area contributed by atoms with Crippen LogP contribution in [0, 0.1) is 13.8 Å². The third-order valence-corrected chi connectivity index (χ3v) is 7.79. The van der Waals surface area contributed by atoms with Crippen molar-refractivity contribution in [3.8, 4) is 11.3 Å². The maximum Gasteiger partial charge on any atom is 0.234 e. The summed E-state index contributed by atoms with van der Waals surface area (Å²) in [5.41, 5.74) is 8.53. The van der Waals surface area contributed by atoms with Crippen LogP contribution in [0.5, 0.6) is 0 Å². The molecule has 1 amide bonds. The number of hydrogen-bond acceptors (Lipinski definition) is 4. The second-order valence-corrected chi connectivity index (χ2v) is 11.0. The molecule has 2 fully saturated rings. The number of aryl methyl sites for hydroxylation is 2. The van der Waals surface area contributed by atoms with E-state index in [1.54, 1.807) is 0 Å². The Hall–Kier alpha value is -2.70. The third kappa shape index (κ3) is 5.50. The molecule has 6 nitrogen and oxygen atoms in total. The molecule has 1 atom stereocenters. The van der Waals surface area contributed by atoms with Crippen LogP contribution in [0.1, 0.15) is 73.9 Å². The lowest BCUT2D eigenvalue weighted by Gasteiger charge is -2.31. The van der Waals surface area contributed by atoms with Crippen molar-refractivity contribution in [3.63, 3.8) is 0 Å². The first kappa shape index (κ1) is 25.0. The fourth-order valence-electron chi connectivity index (χ4n) is 6.01. The predicted molar refractivity (Wildman–Crippen MR) is 145 cm³/mol. The topological polar surface area (TPSA) is 70.2 Å². The fourth-order valence-corrected chi connectivity index (χ4v) is 6.01. The first-order valence-corrected chi connectivity index (χ1v) is 13.6. The van der Waals surface area contributed by atoms with E-state index >= 15 is 0 Å². The van der Waals surface area contributed by atoms with Crippen LogP contribution in [0.15, 0.2) is 30.3 Å². The summed E-state index contributed by atoms with van der Waals surface area (Å²) in [6.45, 7) is 12.6. The summed E-state index contributed by atoms with van der Waals surface area (Å²) in [7, 11) is 0. The lowest BCUT2D eigenvalue weighted by Crippen LogP contribution is -2.42. The Morgan fingerprint density at radius 2 is 1.89 bits per heavy atom. The predicted octanol–water partition coefficient (Wildman–Crippen LogP) is 5.44. The molecule has 0 bridgehead atoms. The number of nitrogens with one attached hydrogen (secondary N) is 2. The van der Waals surface area contributed by atoms with E-state index in [1.165, 1.54) is 33.3 Å². The molecule has 1 aromatic carbocycles. The summed E-state index contributed by atoms with van der Waals surface area (Å²) < 4.78 is 5.61. The van der Waals surface area contributed by atoms with Gasteiger partial charge in [0.15, 0.2) is 0 Å². The Morgan fingerprint density at radius 1 is 1.14 bits per heavy atom. The number of rotatable bonds is 7. The number of fused-ring (bicyclic) bond motifs is 1. The lowest BCUT2D eigenvalue weighted by molar-refractivity contribution is -0.123. The second kappa shape index (κ2) is 10.7. The standard InChI is InChI=1S/C30H40N4O2/c1-19(2)29-26-16-23(7-8-27(26)33-30(29)24-14-20(3)32-21(4)15-24)22-9-11-34(12-10-22)18-28(35)31-17-25-6-5-13-36-25/h7-8,14-16,19,22,25,33H,5-6,9-13,17-18H2,1-4H3,(H,31,35). The summed E-state index contributed by atoms with van der Waals surface area (Å²) in [6, 6.07) is 11.3. The molecule has 192 valence electrons. The lowest BCUT2D eigenvalue weighted by atomic mass is 9.87. The Balaban J connectivity index is 1.27. The van der Waals surface area contributed by atoms with Crippen LogP contribution in [-0.2, 0) is 9.53 Å². The van der Waals surface area contributed by atoms with E-state index in [0.717, 1.165) is 56.8 Å². The first-order valence-electron chi connectivity index (χ1n) is 13.6. The number of piperidine rings is 1. The molecule has 1 unspecified atom stereocenters. The smallest absolute Gasteiger partial charge is 0.234 e. The van der Waals surface area contributed by atoms with Crippen molar-refractivity contribution in [3.05, 3.63) is 52.8 Å². The van der Waals surface area contributed by atoms with Gasteiger partial charge < -0.3 is 15.0 Å². The number of carbonyl (C=O) groups excluding carboxylic acids is 1. The second-order valence-electron chi connectivity index (χ2n) is 11.0. The van der Waals surface area contributed by atoms with E-state index in [2.05, 4.69) is 78.2 Å². The summed E-state index contributed by atoms with van der Waals surface area (Å²) in [4.78, 5) is 23.0. The zero-order chi connectivity index (χ0) is 25.2. The average molecular weight is 489 g/mol. The van der Waals surface area contributed by atoms with E-state index in [-0.39, 0.29) is 12.0 Å². The summed E-state index contributed by atoms with van der Waals surface area (Å²) >= 11 is 0. The van der Waals surface area contributed by atoms with Gasteiger partial charge in [0, 0.05) is 41.0 Å². The van der Waals surface area contributed by atoms with E-state index < -0.39 is 0 Å². The number of nitrogens with zero attached hydrogens (tertiary/aromatic N) is 2. The molecule has 4 heterocycles. The number of benzene rings is 1. The number of pyridine rings is 1. The van der Waals surface area contributed by atoms with Crippen LogP contribution in [0.25, 0.3) is 22.2 Å². The number of ether oxygens (including phenoxy) is 1. The highest BCUT2D eigenvalue weighted by Crippen LogP contribution is 2.38. The van der Waals surface area contributed by atoms with Gasteiger partial charge in [0.1, 0.15) is 0 Å². The van der Waals surface area contributed by atoms with E-state index in [1.807, 2.05) is 0 Å². The summed E-state index contributed by atoms with van der Waals surface area (Å²) in [6.07, 6.45) is 4.53. The molecule has 2 saturated heterocycles. The highest BCUT2D eigenvalue weighted by Gasteiger charge is 2.24. The van der Waals surface area contributed by atoms with Gasteiger partial charge in [0.05, 0.1) is 18.3 Å². The van der Waals surface area contributed by atoms with Crippen LogP contribution >= 0.6 is 0 Å². The number of likely N-dealkylation sites (tertiary alicyclic amines) is 1. The van der Waals surface area contributed by atoms with Crippen molar-refractivity contribution in [2.75, 3.05) is 32.8 Å². The van der Waals surface area contributed by atoms with Gasteiger partial charge in [-0.2, -0.15) is 0 Å². The molecule has 0 radical (unpaired) electrons. The molecular formula is C30H40N4O2. The molecule has 2 aromatic heterocycles. The number of aromatic nitrogens is 2. The molecule has 2 aliphatic rings. The molecule has 0 saturated carbocycles. The van der Waals surface area contributed by atoms with Crippen LogP contribution in [-0.4, -0.2) is 59.7 Å². The van der Waals surface area contributed by atoms with Crippen molar-refractivity contribution in [2.24, 2.45) is 0 Å². The monoisotopic (exact) mass is 488 g/mol. The molecule has 36 heavy (non-hydrogen) atoms. The minimum atomic E-state index is 0.119. The van der Waals surface area contributed by atoms with Crippen LogP contribution in [0.2, 0.25) is 0 Å². The molecule has 2 aliphatic heterocycles. The van der Waals surface area contributed by atoms with Crippen molar-refractivity contribution >= 4 is 16.8 Å². The first-order chi connectivity index (χ1) is 17.4. The van der Waals surface area contributed by atoms with Crippen molar-refractivity contribution < 1.29 is 9.53 Å². The Morgan fingerprint density at radius 3 is 2.56 bits per heavy atom. The SMILES string of the molecule is Cc1cc(-c2[nH]c3ccc(C4CCN(CC(=O)NCC5CCCO5)CC4)cc3c2C(C)C)cc(C)n1. The number of aromatic amines is 1. The van der Waals surface area contributed by atoms with E-state index in [4.69, 9.17) is 4.74 Å². The van der Waals surface area contributed by atoms with Gasteiger partial charge >= 0.3 is 0 Å². The highest BCUT2D eigenvalue weighted by atomic mass is 16.5. The van der Waals surface area contributed by atoms with Gasteiger partial charge in [-0.15, -0.1) is 0 Å². The van der Waals surface area contributed by atoms with Gasteiger partial charge in [0.2, 0.25) is 5.91 Å². The van der Waals surface area contributed by atoms with Crippen LogP contribution in [0.3, 0.4) is 0 Å². The molecule has 6 heteroatoms. The van der Waals surface area contributed by atoms with Gasteiger partial charge in [-0.1, -0.05) is 19.9 Å². The highest BCUT2D eigenvalue weighted by molar-refractivity contribution is 5.92. The van der Waals surface area contributed by atoms with Crippen molar-refractivity contribution in [1.29, 1.82) is 0 Å². The van der Waals surface area contributed by atoms with Gasteiger partial charge in [-0.05, 0) is 99.8 Å². The quantitative estimate of drug-likeness (QED) is 0.464. The van der Waals surface area contributed by atoms with Crippen molar-refractivity contribution in [2.45, 2.75) is 71.3 Å².